The van der Waals surface area contributed by atoms with E-state index in [1.54, 1.807) is 12.1 Å². The van der Waals surface area contributed by atoms with E-state index in [0.29, 0.717) is 99.0 Å². The number of rotatable bonds is 22. The Bertz CT molecular complexity index is 4190. The van der Waals surface area contributed by atoms with E-state index in [2.05, 4.69) is 155 Å². The van der Waals surface area contributed by atoms with Crippen LogP contribution in [0.4, 0.5) is 0 Å². The summed E-state index contributed by atoms with van der Waals surface area (Å²) in [6, 6.07) is 42.9. The number of halogens is 2. The molecule has 11 rings (SSSR count). The van der Waals surface area contributed by atoms with Crippen LogP contribution in [0.1, 0.15) is 156 Å². The SMILES string of the molecule is CC.CC(C)C(Oc1ccc(COC(=O)c2ccccc2Br)c2c1-c1cc3[n-]c(cc4nc(cc5[n-]c(cc-2n1)c1c(OC(C(C)C)C(C)C)cccc51)-c1c(OC(C(C)C)C(C)C)ccc(COC(=O)c2ccccc2Br)c1-4)c1c(OC(C(C)C)C(C)C)cccc31)C(C)C.[Cu+2]. The summed E-state index contributed by atoms with van der Waals surface area (Å²) in [5.74, 6) is 2.95. The normalized spacial score (nSPS) is 12.1. The average Bonchev–Trinajstić information content (AvgIpc) is 1.59. The van der Waals surface area contributed by atoms with Crippen molar-refractivity contribution in [3.8, 4) is 68.0 Å². The van der Waals surface area contributed by atoms with Crippen molar-refractivity contribution in [1.29, 1.82) is 0 Å². The minimum Gasteiger partial charge on any atom is -0.657 e. The zero-order valence-corrected chi connectivity index (χ0v) is 63.3. The first-order valence-corrected chi connectivity index (χ1v) is 35.8. The second-order valence-corrected chi connectivity index (χ2v) is 29.5. The molecular formula is C82H92Br2CuN4O8. The van der Waals surface area contributed by atoms with Crippen molar-refractivity contribution >= 4 is 87.4 Å². The standard InChI is InChI=1S/C80H86Br2N4O8.C2H6.Cu/c1-41(2)75(42(3)4)91-65-29-21-25-53-57-35-63-73-67(93-77(45(9)10)46(11)12)34-32-50(40-90-80(88)52-24-18-20-28-56(52)82)70(73)60(86-63)38-62-72-54(26-22-30-66(72)92-76(43(5)6)44(7)8)58(84-62)36-64-74-68(94-78(47(13)14)48(15)16)33-31-49(39-89-79(87)51-23-17-19-27-55(51)81)69(74)59(85-64)37-61(83-57)71(53)65;1-2;/h17-38,41-48,75-78H,39-40H2,1-16H3;1-2H3;/q-2;;+2. The number of esters is 2. The molecule has 97 heavy (non-hydrogen) atoms. The van der Waals surface area contributed by atoms with E-state index in [4.69, 9.17) is 48.4 Å². The van der Waals surface area contributed by atoms with Gasteiger partial charge in [-0.15, -0.1) is 22.1 Å². The first kappa shape index (κ1) is 73.8. The quantitative estimate of drug-likeness (QED) is 0.0471. The van der Waals surface area contributed by atoms with E-state index in [1.165, 1.54) is 0 Å². The van der Waals surface area contributed by atoms with Gasteiger partial charge in [0, 0.05) is 30.8 Å². The summed E-state index contributed by atoms with van der Waals surface area (Å²) in [6.45, 7) is 38.8. The summed E-state index contributed by atoms with van der Waals surface area (Å²) in [4.78, 5) is 51.0. The van der Waals surface area contributed by atoms with Gasteiger partial charge in [0.1, 0.15) is 60.6 Å². The largest absolute Gasteiger partial charge is 2.00 e. The zero-order valence-electron chi connectivity index (χ0n) is 59.2. The predicted octanol–water partition coefficient (Wildman–Crippen LogP) is 22.0. The number of aromatic nitrogens is 4. The minimum atomic E-state index is -0.479. The fourth-order valence-corrected chi connectivity index (χ4v) is 14.7. The van der Waals surface area contributed by atoms with Crippen LogP contribution in [-0.4, -0.2) is 46.3 Å². The van der Waals surface area contributed by atoms with Gasteiger partial charge >= 0.3 is 29.0 Å². The van der Waals surface area contributed by atoms with Gasteiger partial charge in [0.2, 0.25) is 0 Å². The number of benzene rings is 6. The molecule has 513 valence electrons. The Labute approximate surface area is 600 Å². The molecule has 3 aromatic heterocycles. The molecule has 2 aliphatic rings. The molecule has 0 unspecified atom stereocenters. The smallest absolute Gasteiger partial charge is 0.657 e. The van der Waals surface area contributed by atoms with E-state index in [9.17, 15) is 9.59 Å². The Kier molecular flexibility index (Phi) is 24.1. The number of fused-ring (bicyclic) bond motifs is 20. The Balaban J connectivity index is 0.00000364. The third-order valence-electron chi connectivity index (χ3n) is 17.9. The molecule has 0 spiro atoms. The van der Waals surface area contributed by atoms with Crippen LogP contribution < -0.4 is 28.9 Å². The van der Waals surface area contributed by atoms with Crippen LogP contribution >= 0.6 is 31.9 Å². The average molecular weight is 1490 g/mol. The molecule has 8 bridgehead atoms. The molecule has 1 radical (unpaired) electrons. The molecule has 6 aromatic carbocycles. The van der Waals surface area contributed by atoms with Crippen molar-refractivity contribution in [2.45, 2.75) is 162 Å². The van der Waals surface area contributed by atoms with Crippen LogP contribution in [0.3, 0.4) is 0 Å². The molecule has 0 saturated heterocycles. The Morgan fingerprint density at radius 1 is 0.371 bits per heavy atom. The van der Waals surface area contributed by atoms with Crippen LogP contribution in [0.5, 0.6) is 23.0 Å². The van der Waals surface area contributed by atoms with E-state index in [-0.39, 0.29) is 102 Å². The third-order valence-corrected chi connectivity index (χ3v) is 19.3. The summed E-state index contributed by atoms with van der Waals surface area (Å²) < 4.78 is 42.8. The third kappa shape index (κ3) is 15.6. The molecule has 0 amide bonds. The second kappa shape index (κ2) is 31.6. The van der Waals surface area contributed by atoms with Gasteiger partial charge in [0.05, 0.1) is 45.0 Å². The van der Waals surface area contributed by atoms with Gasteiger partial charge in [-0.1, -0.05) is 185 Å². The van der Waals surface area contributed by atoms with Crippen molar-refractivity contribution in [2.24, 2.45) is 47.3 Å². The molecule has 15 heteroatoms. The van der Waals surface area contributed by atoms with Gasteiger partial charge < -0.3 is 38.4 Å². The molecule has 0 fully saturated rings. The fourth-order valence-electron chi connectivity index (χ4n) is 13.8. The van der Waals surface area contributed by atoms with Crippen molar-refractivity contribution in [3.63, 3.8) is 0 Å². The summed E-state index contributed by atoms with van der Waals surface area (Å²) in [6.07, 6.45) is -0.650. The summed E-state index contributed by atoms with van der Waals surface area (Å²) in [5, 5.41) is 3.24. The first-order chi connectivity index (χ1) is 45.9. The molecular weight excluding hydrogens is 1390 g/mol. The number of ether oxygens (including phenoxy) is 6. The maximum absolute atomic E-state index is 14.1. The minimum absolute atomic E-state index is 0. The van der Waals surface area contributed by atoms with E-state index in [0.717, 1.165) is 43.8 Å². The van der Waals surface area contributed by atoms with Gasteiger partial charge in [-0.3, -0.25) is 0 Å². The van der Waals surface area contributed by atoms with Crippen molar-refractivity contribution in [3.05, 3.63) is 165 Å². The first-order valence-electron chi connectivity index (χ1n) is 34.2. The molecule has 9 aromatic rings. The van der Waals surface area contributed by atoms with E-state index in [1.807, 2.05) is 123 Å². The van der Waals surface area contributed by atoms with Crippen LogP contribution in [0, 0.1) is 47.3 Å². The van der Waals surface area contributed by atoms with Gasteiger partial charge in [-0.2, -0.15) is 0 Å². The monoisotopic (exact) mass is 1480 g/mol. The Morgan fingerprint density at radius 3 is 0.990 bits per heavy atom. The van der Waals surface area contributed by atoms with Crippen LogP contribution in [-0.2, 0) is 39.8 Å². The molecule has 2 aliphatic heterocycles. The zero-order chi connectivity index (χ0) is 69.1. The topological polar surface area (TPSA) is 144 Å². The second-order valence-electron chi connectivity index (χ2n) is 27.8. The van der Waals surface area contributed by atoms with Gasteiger partial charge in [-0.05, 0) is 174 Å². The molecule has 5 heterocycles. The molecule has 0 saturated carbocycles. The predicted molar refractivity (Wildman–Crippen MR) is 397 cm³/mol. The number of carbonyl (C=O) groups excluding carboxylic acids is 2. The van der Waals surface area contributed by atoms with Crippen molar-refractivity contribution < 1.29 is 55.1 Å². The molecule has 0 aliphatic carbocycles. The number of hydrogen-bond donors (Lipinski definition) is 0. The number of nitrogens with zero attached hydrogens (tertiary/aromatic N) is 4. The van der Waals surface area contributed by atoms with Crippen molar-refractivity contribution in [1.82, 2.24) is 19.9 Å². The van der Waals surface area contributed by atoms with Crippen LogP contribution in [0.15, 0.2) is 142 Å². The summed E-state index contributed by atoms with van der Waals surface area (Å²) in [7, 11) is 0. The number of hydrogen-bond acceptors (Lipinski definition) is 10. The molecule has 12 nitrogen and oxygen atoms in total. The van der Waals surface area contributed by atoms with Gasteiger partial charge in [0.25, 0.3) is 0 Å². The molecule has 0 N–H and O–H groups in total. The maximum atomic E-state index is 14.1. The number of carbonyl (C=O) groups is 2. The fraction of sp³-hybridized carbons (Fsp3) is 0.390. The van der Waals surface area contributed by atoms with Crippen molar-refractivity contribution in [2.75, 3.05) is 0 Å². The Hall–Kier alpha value is -7.42. The Morgan fingerprint density at radius 2 is 0.670 bits per heavy atom. The van der Waals surface area contributed by atoms with Crippen LogP contribution in [0.2, 0.25) is 0 Å². The van der Waals surface area contributed by atoms with Crippen LogP contribution in [0.25, 0.3) is 88.6 Å². The van der Waals surface area contributed by atoms with E-state index >= 15 is 0 Å². The maximum Gasteiger partial charge on any atom is 2.00 e. The summed E-state index contributed by atoms with van der Waals surface area (Å²) >= 11 is 7.17. The van der Waals surface area contributed by atoms with E-state index < -0.39 is 11.9 Å². The van der Waals surface area contributed by atoms with Gasteiger partial charge in [-0.25, -0.2) is 19.6 Å². The van der Waals surface area contributed by atoms with Gasteiger partial charge in [0.15, 0.2) is 0 Å². The summed E-state index contributed by atoms with van der Waals surface area (Å²) in [5.41, 5.74) is 9.98. The molecule has 0 atom stereocenters.